The van der Waals surface area contributed by atoms with Crippen molar-refractivity contribution >= 4 is 5.71 Å². The molecule has 0 unspecified atom stereocenters. The topological polar surface area (TPSA) is 12.4 Å². The van der Waals surface area contributed by atoms with Crippen LogP contribution in [-0.4, -0.2) is 5.71 Å². The summed E-state index contributed by atoms with van der Waals surface area (Å²) in [7, 11) is 0. The molecular formula is C21H19N. The van der Waals surface area contributed by atoms with Gasteiger partial charge >= 0.3 is 0 Å². The third-order valence-electron chi connectivity index (χ3n) is 3.63. The summed E-state index contributed by atoms with van der Waals surface area (Å²) in [4.78, 5) is 4.88. The SMILES string of the molecule is Cc1ccc(CN=C(c2ccccc2)c2ccccc2)cc1. The van der Waals surface area contributed by atoms with E-state index in [0.717, 1.165) is 16.8 Å². The number of benzene rings is 3. The Morgan fingerprint density at radius 3 is 1.68 bits per heavy atom. The predicted octanol–water partition coefficient (Wildman–Crippen LogP) is 5.03. The van der Waals surface area contributed by atoms with Gasteiger partial charge in [0.15, 0.2) is 0 Å². The van der Waals surface area contributed by atoms with E-state index in [4.69, 9.17) is 4.99 Å². The zero-order valence-electron chi connectivity index (χ0n) is 12.7. The number of aryl methyl sites for hydroxylation is 1. The minimum Gasteiger partial charge on any atom is -0.279 e. The van der Waals surface area contributed by atoms with E-state index in [-0.39, 0.29) is 0 Å². The summed E-state index contributed by atoms with van der Waals surface area (Å²) < 4.78 is 0. The maximum absolute atomic E-state index is 4.88. The van der Waals surface area contributed by atoms with Gasteiger partial charge in [0, 0.05) is 11.1 Å². The Kier molecular flexibility index (Phi) is 4.45. The largest absolute Gasteiger partial charge is 0.279 e. The molecule has 3 aromatic carbocycles. The Bertz CT molecular complexity index is 699. The van der Waals surface area contributed by atoms with Gasteiger partial charge in [-0.25, -0.2) is 0 Å². The molecule has 0 aromatic heterocycles. The molecule has 0 aliphatic carbocycles. The van der Waals surface area contributed by atoms with Crippen LogP contribution in [-0.2, 0) is 6.54 Å². The van der Waals surface area contributed by atoms with Gasteiger partial charge in [-0.2, -0.15) is 0 Å². The Hall–Kier alpha value is -2.67. The average molecular weight is 285 g/mol. The minimum absolute atomic E-state index is 0.694. The summed E-state index contributed by atoms with van der Waals surface area (Å²) in [5, 5.41) is 0. The van der Waals surface area contributed by atoms with Gasteiger partial charge in [-0.1, -0.05) is 90.5 Å². The fourth-order valence-electron chi connectivity index (χ4n) is 2.41. The van der Waals surface area contributed by atoms with Crippen LogP contribution >= 0.6 is 0 Å². The van der Waals surface area contributed by atoms with E-state index in [0.29, 0.717) is 6.54 Å². The quantitative estimate of drug-likeness (QED) is 0.596. The third-order valence-corrected chi connectivity index (χ3v) is 3.63. The molecule has 3 rings (SSSR count). The molecule has 0 aliphatic heterocycles. The Labute approximate surface area is 132 Å². The van der Waals surface area contributed by atoms with Crippen molar-refractivity contribution in [3.05, 3.63) is 107 Å². The molecule has 1 nitrogen and oxygen atoms in total. The fourth-order valence-corrected chi connectivity index (χ4v) is 2.41. The van der Waals surface area contributed by atoms with Crippen LogP contribution in [0.5, 0.6) is 0 Å². The van der Waals surface area contributed by atoms with Crippen molar-refractivity contribution in [1.82, 2.24) is 0 Å². The summed E-state index contributed by atoms with van der Waals surface area (Å²) in [5.74, 6) is 0. The average Bonchev–Trinajstić information content (AvgIpc) is 2.59. The van der Waals surface area contributed by atoms with Gasteiger partial charge in [-0.3, -0.25) is 4.99 Å². The lowest BCUT2D eigenvalue weighted by atomic mass is 10.0. The minimum atomic E-state index is 0.694. The molecule has 0 saturated carbocycles. The van der Waals surface area contributed by atoms with Crippen molar-refractivity contribution in [2.45, 2.75) is 13.5 Å². The Balaban J connectivity index is 1.95. The Morgan fingerprint density at radius 1 is 0.682 bits per heavy atom. The number of nitrogens with zero attached hydrogens (tertiary/aromatic N) is 1. The van der Waals surface area contributed by atoms with Crippen LogP contribution in [0, 0.1) is 6.92 Å². The second kappa shape index (κ2) is 6.86. The van der Waals surface area contributed by atoms with Crippen LogP contribution < -0.4 is 0 Å². The highest BCUT2D eigenvalue weighted by molar-refractivity contribution is 6.12. The van der Waals surface area contributed by atoms with E-state index in [1.54, 1.807) is 0 Å². The molecular weight excluding hydrogens is 266 g/mol. The first kappa shape index (κ1) is 14.3. The Morgan fingerprint density at radius 2 is 1.18 bits per heavy atom. The van der Waals surface area contributed by atoms with E-state index in [1.807, 2.05) is 12.1 Å². The van der Waals surface area contributed by atoms with Crippen molar-refractivity contribution in [1.29, 1.82) is 0 Å². The summed E-state index contributed by atoms with van der Waals surface area (Å²) in [5.41, 5.74) is 5.86. The molecule has 0 radical (unpaired) electrons. The highest BCUT2D eigenvalue weighted by Crippen LogP contribution is 2.13. The second-order valence-corrected chi connectivity index (χ2v) is 5.38. The van der Waals surface area contributed by atoms with E-state index < -0.39 is 0 Å². The van der Waals surface area contributed by atoms with Crippen LogP contribution in [0.25, 0.3) is 0 Å². The number of rotatable bonds is 4. The standard InChI is InChI=1S/C21H19N/c1-17-12-14-18(15-13-17)16-22-21(19-8-4-2-5-9-19)20-10-6-3-7-11-20/h2-15H,16H2,1H3. The molecule has 108 valence electrons. The molecule has 22 heavy (non-hydrogen) atoms. The van der Waals surface area contributed by atoms with Crippen LogP contribution in [0.2, 0.25) is 0 Å². The van der Waals surface area contributed by atoms with Crippen LogP contribution in [0.4, 0.5) is 0 Å². The normalized spacial score (nSPS) is 10.2. The van der Waals surface area contributed by atoms with Gasteiger partial charge in [-0.05, 0) is 12.5 Å². The van der Waals surface area contributed by atoms with Gasteiger partial charge in [0.2, 0.25) is 0 Å². The van der Waals surface area contributed by atoms with E-state index in [2.05, 4.69) is 79.7 Å². The smallest absolute Gasteiger partial charge is 0.0723 e. The molecule has 0 N–H and O–H groups in total. The molecule has 0 bridgehead atoms. The maximum Gasteiger partial charge on any atom is 0.0723 e. The van der Waals surface area contributed by atoms with Gasteiger partial charge in [0.05, 0.1) is 12.3 Å². The summed E-state index contributed by atoms with van der Waals surface area (Å²) in [6.45, 7) is 2.80. The third kappa shape index (κ3) is 3.50. The zero-order valence-corrected chi connectivity index (χ0v) is 12.7. The van der Waals surface area contributed by atoms with Gasteiger partial charge in [-0.15, -0.1) is 0 Å². The van der Waals surface area contributed by atoms with Crippen molar-refractivity contribution in [3.63, 3.8) is 0 Å². The second-order valence-electron chi connectivity index (χ2n) is 5.38. The molecule has 1 heteroatoms. The number of aliphatic imine (C=N–C) groups is 1. The summed E-state index contributed by atoms with van der Waals surface area (Å²) in [6, 6.07) is 29.3. The number of hydrogen-bond acceptors (Lipinski definition) is 1. The molecule has 0 amide bonds. The summed E-state index contributed by atoms with van der Waals surface area (Å²) >= 11 is 0. The highest BCUT2D eigenvalue weighted by Gasteiger charge is 2.05. The first-order chi connectivity index (χ1) is 10.8. The van der Waals surface area contributed by atoms with Crippen LogP contribution in [0.15, 0.2) is 89.9 Å². The van der Waals surface area contributed by atoms with E-state index in [9.17, 15) is 0 Å². The van der Waals surface area contributed by atoms with Crippen molar-refractivity contribution < 1.29 is 0 Å². The molecule has 0 aliphatic rings. The van der Waals surface area contributed by atoms with Crippen molar-refractivity contribution in [2.75, 3.05) is 0 Å². The van der Waals surface area contributed by atoms with Gasteiger partial charge < -0.3 is 0 Å². The lowest BCUT2D eigenvalue weighted by Gasteiger charge is -2.08. The first-order valence-corrected chi connectivity index (χ1v) is 7.54. The van der Waals surface area contributed by atoms with Crippen molar-refractivity contribution in [2.24, 2.45) is 4.99 Å². The van der Waals surface area contributed by atoms with Crippen LogP contribution in [0.1, 0.15) is 22.3 Å². The molecule has 0 spiro atoms. The lowest BCUT2D eigenvalue weighted by molar-refractivity contribution is 1.06. The lowest BCUT2D eigenvalue weighted by Crippen LogP contribution is -2.03. The monoisotopic (exact) mass is 285 g/mol. The molecule has 3 aromatic rings. The van der Waals surface area contributed by atoms with Gasteiger partial charge in [0.1, 0.15) is 0 Å². The first-order valence-electron chi connectivity index (χ1n) is 7.54. The van der Waals surface area contributed by atoms with E-state index >= 15 is 0 Å². The predicted molar refractivity (Wildman–Crippen MR) is 93.4 cm³/mol. The molecule has 0 saturated heterocycles. The van der Waals surface area contributed by atoms with Crippen molar-refractivity contribution in [3.8, 4) is 0 Å². The molecule has 0 heterocycles. The zero-order chi connectivity index (χ0) is 15.2. The number of hydrogen-bond donors (Lipinski definition) is 0. The van der Waals surface area contributed by atoms with Crippen LogP contribution in [0.3, 0.4) is 0 Å². The molecule has 0 fully saturated rings. The van der Waals surface area contributed by atoms with E-state index in [1.165, 1.54) is 11.1 Å². The molecule has 0 atom stereocenters. The van der Waals surface area contributed by atoms with Gasteiger partial charge in [0.25, 0.3) is 0 Å². The highest BCUT2D eigenvalue weighted by atomic mass is 14.7. The maximum atomic E-state index is 4.88. The summed E-state index contributed by atoms with van der Waals surface area (Å²) in [6.07, 6.45) is 0. The fraction of sp³-hybridized carbons (Fsp3) is 0.0952.